The third-order valence-electron chi connectivity index (χ3n) is 1.71. The lowest BCUT2D eigenvalue weighted by molar-refractivity contribution is 0.158. The van der Waals surface area contributed by atoms with Gasteiger partial charge in [-0.25, -0.2) is 4.98 Å². The lowest BCUT2D eigenvalue weighted by Crippen LogP contribution is -2.11. The highest BCUT2D eigenvalue weighted by atomic mass is 16.5. The molecule has 0 amide bonds. The number of anilines is 3. The van der Waals surface area contributed by atoms with Gasteiger partial charge in [0.05, 0.1) is 12.3 Å². The van der Waals surface area contributed by atoms with Crippen LogP contribution in [0.4, 0.5) is 17.3 Å². The van der Waals surface area contributed by atoms with Crippen LogP contribution < -0.4 is 16.8 Å². The lowest BCUT2D eigenvalue weighted by Gasteiger charge is -2.06. The van der Waals surface area contributed by atoms with Gasteiger partial charge < -0.3 is 21.5 Å². The van der Waals surface area contributed by atoms with Gasteiger partial charge in [0, 0.05) is 13.2 Å². The molecule has 0 radical (unpaired) electrons. The van der Waals surface area contributed by atoms with E-state index in [1.807, 2.05) is 6.92 Å². The van der Waals surface area contributed by atoms with Crippen molar-refractivity contribution < 1.29 is 4.74 Å². The van der Waals surface area contributed by atoms with Gasteiger partial charge in [-0.1, -0.05) is 0 Å². The third kappa shape index (κ3) is 3.10. The maximum Gasteiger partial charge on any atom is 0.149 e. The SMILES string of the molecule is CCOCCNc1ccc(N)c(N)n1. The highest BCUT2D eigenvalue weighted by molar-refractivity contribution is 5.61. The van der Waals surface area contributed by atoms with Crippen LogP contribution in [-0.2, 0) is 4.74 Å². The van der Waals surface area contributed by atoms with Crippen molar-refractivity contribution in [1.29, 1.82) is 0 Å². The van der Waals surface area contributed by atoms with E-state index in [0.29, 0.717) is 24.7 Å². The van der Waals surface area contributed by atoms with Crippen molar-refractivity contribution in [2.45, 2.75) is 6.92 Å². The van der Waals surface area contributed by atoms with E-state index in [2.05, 4.69) is 10.3 Å². The normalized spacial score (nSPS) is 10.1. The summed E-state index contributed by atoms with van der Waals surface area (Å²) in [6, 6.07) is 3.52. The Morgan fingerprint density at radius 2 is 2.21 bits per heavy atom. The van der Waals surface area contributed by atoms with Crippen molar-refractivity contribution in [3.8, 4) is 0 Å². The maximum atomic E-state index is 5.54. The molecule has 5 N–H and O–H groups in total. The van der Waals surface area contributed by atoms with Crippen LogP contribution in [0.5, 0.6) is 0 Å². The Bertz CT molecular complexity index is 290. The highest BCUT2D eigenvalue weighted by Crippen LogP contribution is 2.13. The zero-order valence-electron chi connectivity index (χ0n) is 8.29. The Hall–Kier alpha value is -1.49. The van der Waals surface area contributed by atoms with E-state index >= 15 is 0 Å². The number of nitrogens with zero attached hydrogens (tertiary/aromatic N) is 1. The molecule has 1 rings (SSSR count). The number of ether oxygens (including phenoxy) is 1. The molecule has 5 nitrogen and oxygen atoms in total. The summed E-state index contributed by atoms with van der Waals surface area (Å²) in [6.07, 6.45) is 0. The van der Waals surface area contributed by atoms with Crippen LogP contribution in [0.15, 0.2) is 12.1 Å². The quantitative estimate of drug-likeness (QED) is 0.603. The topological polar surface area (TPSA) is 86.2 Å². The largest absolute Gasteiger partial charge is 0.396 e. The zero-order valence-corrected chi connectivity index (χ0v) is 8.29. The van der Waals surface area contributed by atoms with Crippen molar-refractivity contribution in [2.75, 3.05) is 36.5 Å². The molecule has 1 aromatic rings. The molecule has 0 aromatic carbocycles. The Kier molecular flexibility index (Phi) is 4.00. The third-order valence-corrected chi connectivity index (χ3v) is 1.71. The van der Waals surface area contributed by atoms with Crippen LogP contribution >= 0.6 is 0 Å². The van der Waals surface area contributed by atoms with Crippen LogP contribution in [0, 0.1) is 0 Å². The monoisotopic (exact) mass is 196 g/mol. The molecule has 0 atom stereocenters. The van der Waals surface area contributed by atoms with E-state index in [0.717, 1.165) is 12.4 Å². The number of rotatable bonds is 5. The van der Waals surface area contributed by atoms with E-state index in [1.54, 1.807) is 12.1 Å². The van der Waals surface area contributed by atoms with Gasteiger partial charge in [0.15, 0.2) is 0 Å². The number of hydrogen-bond acceptors (Lipinski definition) is 5. The van der Waals surface area contributed by atoms with Crippen LogP contribution in [0.3, 0.4) is 0 Å². The van der Waals surface area contributed by atoms with Crippen molar-refractivity contribution >= 4 is 17.3 Å². The molecule has 5 heteroatoms. The summed E-state index contributed by atoms with van der Waals surface area (Å²) in [6.45, 7) is 4.05. The van der Waals surface area contributed by atoms with Crippen LogP contribution in [-0.4, -0.2) is 24.7 Å². The van der Waals surface area contributed by atoms with Gasteiger partial charge in [0.2, 0.25) is 0 Å². The van der Waals surface area contributed by atoms with Gasteiger partial charge in [0.1, 0.15) is 11.6 Å². The minimum Gasteiger partial charge on any atom is -0.396 e. The van der Waals surface area contributed by atoms with E-state index in [9.17, 15) is 0 Å². The van der Waals surface area contributed by atoms with E-state index < -0.39 is 0 Å². The molecular formula is C9H16N4O. The molecule has 1 heterocycles. The summed E-state index contributed by atoms with van der Waals surface area (Å²) < 4.78 is 5.16. The number of aromatic nitrogens is 1. The molecule has 0 spiro atoms. The molecule has 0 saturated heterocycles. The van der Waals surface area contributed by atoms with E-state index in [1.165, 1.54) is 0 Å². The summed E-state index contributed by atoms with van der Waals surface area (Å²) in [5, 5.41) is 3.08. The fourth-order valence-corrected chi connectivity index (χ4v) is 0.980. The first kappa shape index (κ1) is 10.6. The Labute approximate surface area is 83.5 Å². The minimum atomic E-state index is 0.353. The Balaban J connectivity index is 2.39. The molecule has 0 unspecified atom stereocenters. The summed E-state index contributed by atoms with van der Waals surface area (Å²) in [5.74, 6) is 1.07. The maximum absolute atomic E-state index is 5.54. The number of nitrogens with two attached hydrogens (primary N) is 2. The van der Waals surface area contributed by atoms with Gasteiger partial charge in [-0.05, 0) is 19.1 Å². The molecule has 0 aliphatic rings. The van der Waals surface area contributed by atoms with Crippen molar-refractivity contribution in [1.82, 2.24) is 4.98 Å². The molecule has 0 saturated carbocycles. The predicted molar refractivity (Wildman–Crippen MR) is 58.0 cm³/mol. The summed E-state index contributed by atoms with van der Waals surface area (Å²) in [4.78, 5) is 4.06. The molecule has 0 aliphatic heterocycles. The van der Waals surface area contributed by atoms with Crippen molar-refractivity contribution in [3.63, 3.8) is 0 Å². The smallest absolute Gasteiger partial charge is 0.149 e. The van der Waals surface area contributed by atoms with Crippen molar-refractivity contribution in [2.24, 2.45) is 0 Å². The first-order chi connectivity index (χ1) is 6.74. The minimum absolute atomic E-state index is 0.353. The first-order valence-electron chi connectivity index (χ1n) is 4.57. The zero-order chi connectivity index (χ0) is 10.4. The second-order valence-corrected chi connectivity index (χ2v) is 2.79. The second kappa shape index (κ2) is 5.29. The molecule has 0 bridgehead atoms. The molecule has 14 heavy (non-hydrogen) atoms. The van der Waals surface area contributed by atoms with Crippen LogP contribution in [0.2, 0.25) is 0 Å². The number of nitrogen functional groups attached to an aromatic ring is 2. The molecule has 1 aromatic heterocycles. The molecule has 0 fully saturated rings. The van der Waals surface area contributed by atoms with E-state index in [-0.39, 0.29) is 0 Å². The number of hydrogen-bond donors (Lipinski definition) is 3. The highest BCUT2D eigenvalue weighted by Gasteiger charge is 1.97. The van der Waals surface area contributed by atoms with E-state index in [4.69, 9.17) is 16.2 Å². The lowest BCUT2D eigenvalue weighted by atomic mass is 10.4. The van der Waals surface area contributed by atoms with Crippen LogP contribution in [0.25, 0.3) is 0 Å². The predicted octanol–water partition coefficient (Wildman–Crippen LogP) is 0.694. The molecular weight excluding hydrogens is 180 g/mol. The standard InChI is InChI=1S/C9H16N4O/c1-2-14-6-5-12-8-4-3-7(10)9(11)13-8/h3-4H,2,5-6,10H2,1H3,(H3,11,12,13). The van der Waals surface area contributed by atoms with Gasteiger partial charge in [-0.15, -0.1) is 0 Å². The fraction of sp³-hybridized carbons (Fsp3) is 0.444. The number of nitrogens with one attached hydrogen (secondary N) is 1. The summed E-state index contributed by atoms with van der Waals surface area (Å²) in [7, 11) is 0. The summed E-state index contributed by atoms with van der Waals surface area (Å²) in [5.41, 5.74) is 11.6. The van der Waals surface area contributed by atoms with Gasteiger partial charge >= 0.3 is 0 Å². The average Bonchev–Trinajstić information content (AvgIpc) is 2.18. The van der Waals surface area contributed by atoms with Gasteiger partial charge in [-0.2, -0.15) is 0 Å². The Morgan fingerprint density at radius 3 is 2.86 bits per heavy atom. The van der Waals surface area contributed by atoms with Crippen molar-refractivity contribution in [3.05, 3.63) is 12.1 Å². The second-order valence-electron chi connectivity index (χ2n) is 2.79. The van der Waals surface area contributed by atoms with Gasteiger partial charge in [0.25, 0.3) is 0 Å². The molecule has 0 aliphatic carbocycles. The fourth-order valence-electron chi connectivity index (χ4n) is 0.980. The summed E-state index contributed by atoms with van der Waals surface area (Å²) >= 11 is 0. The first-order valence-corrected chi connectivity index (χ1v) is 4.57. The Morgan fingerprint density at radius 1 is 1.43 bits per heavy atom. The average molecular weight is 196 g/mol. The van der Waals surface area contributed by atoms with Gasteiger partial charge in [-0.3, -0.25) is 0 Å². The van der Waals surface area contributed by atoms with Crippen LogP contribution in [0.1, 0.15) is 6.92 Å². The molecule has 78 valence electrons. The number of pyridine rings is 1.